The predicted octanol–water partition coefficient (Wildman–Crippen LogP) is 1.95. The number of nitrogens with one attached hydrogen (secondary N) is 1. The van der Waals surface area contributed by atoms with Crippen LogP contribution in [0.5, 0.6) is 0 Å². The van der Waals surface area contributed by atoms with Gasteiger partial charge in [0.05, 0.1) is 60.7 Å². The SMILES string of the molecule is Cc1cncc(NS(=O)(=O)c2cnc(CN(C(=O)C3CCCC(O)C3)c3cncc(C=CC(=O)O)n3)cn2)c1. The third-order valence-corrected chi connectivity index (χ3v) is 7.25. The molecule has 204 valence electrons. The maximum absolute atomic E-state index is 13.6. The molecule has 1 aliphatic carbocycles. The minimum atomic E-state index is -4.04. The van der Waals surface area contributed by atoms with Crippen molar-refractivity contribution in [2.75, 3.05) is 9.62 Å². The Balaban J connectivity index is 1.59. The fourth-order valence-electron chi connectivity index (χ4n) is 4.16. The van der Waals surface area contributed by atoms with E-state index in [1.165, 1.54) is 35.8 Å². The van der Waals surface area contributed by atoms with Gasteiger partial charge >= 0.3 is 5.97 Å². The summed E-state index contributed by atoms with van der Waals surface area (Å²) in [5, 5.41) is 18.7. The molecule has 4 rings (SSSR count). The predicted molar refractivity (Wildman–Crippen MR) is 140 cm³/mol. The molecular weight excluding hydrogens is 526 g/mol. The van der Waals surface area contributed by atoms with Crippen LogP contribution in [0.15, 0.2) is 54.3 Å². The third kappa shape index (κ3) is 7.39. The Hall–Kier alpha value is -4.30. The van der Waals surface area contributed by atoms with Crippen molar-refractivity contribution >= 4 is 39.5 Å². The number of carbonyl (C=O) groups is 2. The summed E-state index contributed by atoms with van der Waals surface area (Å²) in [6, 6.07) is 1.62. The molecule has 14 heteroatoms. The topological polar surface area (TPSA) is 188 Å². The molecule has 2 unspecified atom stereocenters. The number of amides is 1. The van der Waals surface area contributed by atoms with Gasteiger partial charge in [0.2, 0.25) is 5.91 Å². The van der Waals surface area contributed by atoms with Crippen LogP contribution in [0.3, 0.4) is 0 Å². The molecule has 3 aromatic heterocycles. The summed E-state index contributed by atoms with van der Waals surface area (Å²) in [7, 11) is -4.04. The standard InChI is InChI=1S/C25H27N7O6S/c1-16-7-19(11-26-9-16)31-39(37,38)23-14-28-20(12-29-23)15-32(25(36)17-3-2-4-21(33)8-17)22-13-27-10-18(30-22)5-6-24(34)35/h5-7,9-14,17,21,31,33H,2-4,8,15H2,1H3,(H,34,35). The van der Waals surface area contributed by atoms with E-state index in [-0.39, 0.29) is 40.4 Å². The zero-order valence-electron chi connectivity index (χ0n) is 21.0. The number of hydrogen-bond acceptors (Lipinski definition) is 10. The summed E-state index contributed by atoms with van der Waals surface area (Å²) in [6.45, 7) is 1.68. The number of carbonyl (C=O) groups excluding carboxylic acids is 1. The maximum Gasteiger partial charge on any atom is 0.328 e. The van der Waals surface area contributed by atoms with Crippen LogP contribution in [0, 0.1) is 12.8 Å². The Morgan fingerprint density at radius 3 is 2.59 bits per heavy atom. The molecule has 1 aliphatic rings. The van der Waals surface area contributed by atoms with E-state index in [0.29, 0.717) is 25.7 Å². The monoisotopic (exact) mass is 553 g/mol. The number of aryl methyl sites for hydroxylation is 1. The van der Waals surface area contributed by atoms with Gasteiger partial charge in [-0.2, -0.15) is 8.42 Å². The summed E-state index contributed by atoms with van der Waals surface area (Å²) in [5.74, 6) is -1.78. The lowest BCUT2D eigenvalue weighted by molar-refractivity contribution is -0.131. The van der Waals surface area contributed by atoms with Crippen LogP contribution in [0.2, 0.25) is 0 Å². The first kappa shape index (κ1) is 27.7. The van der Waals surface area contributed by atoms with Crippen molar-refractivity contribution < 1.29 is 28.2 Å². The van der Waals surface area contributed by atoms with Gasteiger partial charge < -0.3 is 10.2 Å². The van der Waals surface area contributed by atoms with E-state index in [1.807, 2.05) is 0 Å². The molecule has 1 saturated carbocycles. The molecule has 0 bridgehead atoms. The van der Waals surface area contributed by atoms with E-state index in [4.69, 9.17) is 5.11 Å². The summed E-state index contributed by atoms with van der Waals surface area (Å²) in [4.78, 5) is 46.5. The van der Waals surface area contributed by atoms with Gasteiger partial charge in [0.25, 0.3) is 10.0 Å². The second-order valence-corrected chi connectivity index (χ2v) is 10.7. The van der Waals surface area contributed by atoms with E-state index < -0.39 is 28.0 Å². The lowest BCUT2D eigenvalue weighted by Gasteiger charge is -2.30. The van der Waals surface area contributed by atoms with Crippen LogP contribution in [0.25, 0.3) is 6.08 Å². The van der Waals surface area contributed by atoms with Crippen molar-refractivity contribution in [3.8, 4) is 0 Å². The summed E-state index contributed by atoms with van der Waals surface area (Å²) < 4.78 is 27.9. The zero-order valence-corrected chi connectivity index (χ0v) is 21.8. The van der Waals surface area contributed by atoms with Gasteiger partial charge in [0.15, 0.2) is 10.8 Å². The molecular formula is C25H27N7O6S. The van der Waals surface area contributed by atoms with E-state index in [0.717, 1.165) is 17.8 Å². The molecule has 3 heterocycles. The zero-order chi connectivity index (χ0) is 28.0. The van der Waals surface area contributed by atoms with Crippen molar-refractivity contribution in [2.24, 2.45) is 5.92 Å². The second kappa shape index (κ2) is 12.0. The molecule has 1 amide bonds. The van der Waals surface area contributed by atoms with Crippen molar-refractivity contribution in [3.05, 3.63) is 66.3 Å². The number of anilines is 2. The van der Waals surface area contributed by atoms with E-state index >= 15 is 0 Å². The number of carboxylic acids is 1. The van der Waals surface area contributed by atoms with Crippen LogP contribution in [-0.2, 0) is 26.2 Å². The molecule has 0 spiro atoms. The molecule has 3 aromatic rings. The highest BCUT2D eigenvalue weighted by atomic mass is 32.2. The smallest absolute Gasteiger partial charge is 0.328 e. The number of aromatic nitrogens is 5. The summed E-state index contributed by atoms with van der Waals surface area (Å²) in [6.07, 6.45) is 11.8. The van der Waals surface area contributed by atoms with Crippen molar-refractivity contribution in [1.82, 2.24) is 24.9 Å². The maximum atomic E-state index is 13.6. The number of rotatable bonds is 9. The molecule has 0 aliphatic heterocycles. The first-order valence-electron chi connectivity index (χ1n) is 12.1. The number of aliphatic carboxylic acids is 1. The highest BCUT2D eigenvalue weighted by molar-refractivity contribution is 7.92. The average molecular weight is 554 g/mol. The number of aliphatic hydroxyl groups is 1. The second-order valence-electron chi connectivity index (χ2n) is 9.12. The number of aliphatic hydroxyl groups excluding tert-OH is 1. The highest BCUT2D eigenvalue weighted by Crippen LogP contribution is 2.28. The molecule has 39 heavy (non-hydrogen) atoms. The fraction of sp³-hybridized carbons (Fsp3) is 0.320. The lowest BCUT2D eigenvalue weighted by atomic mass is 9.86. The van der Waals surface area contributed by atoms with Gasteiger partial charge in [-0.05, 0) is 43.9 Å². The molecule has 0 radical (unpaired) electrons. The molecule has 1 fully saturated rings. The largest absolute Gasteiger partial charge is 0.478 e. The van der Waals surface area contributed by atoms with Crippen LogP contribution >= 0.6 is 0 Å². The van der Waals surface area contributed by atoms with Gasteiger partial charge in [0, 0.05) is 18.2 Å². The van der Waals surface area contributed by atoms with Crippen LogP contribution in [0.1, 0.15) is 42.6 Å². The third-order valence-electron chi connectivity index (χ3n) is 5.98. The highest BCUT2D eigenvalue weighted by Gasteiger charge is 2.31. The quantitative estimate of drug-likeness (QED) is 0.328. The Morgan fingerprint density at radius 2 is 1.90 bits per heavy atom. The fourth-order valence-corrected chi connectivity index (χ4v) is 5.07. The molecule has 3 N–H and O–H groups in total. The number of nitrogens with zero attached hydrogens (tertiary/aromatic N) is 6. The van der Waals surface area contributed by atoms with Gasteiger partial charge in [0.1, 0.15) is 0 Å². The van der Waals surface area contributed by atoms with E-state index in [9.17, 15) is 23.1 Å². The van der Waals surface area contributed by atoms with Crippen molar-refractivity contribution in [1.29, 1.82) is 0 Å². The number of hydrogen-bond donors (Lipinski definition) is 3. The van der Waals surface area contributed by atoms with Gasteiger partial charge in [-0.25, -0.2) is 14.8 Å². The molecule has 0 saturated heterocycles. The minimum Gasteiger partial charge on any atom is -0.478 e. The van der Waals surface area contributed by atoms with Gasteiger partial charge in [-0.3, -0.25) is 29.4 Å². The molecule has 0 aromatic carbocycles. The normalized spacial score (nSPS) is 17.6. The molecule has 2 atom stereocenters. The first-order valence-corrected chi connectivity index (χ1v) is 13.6. The minimum absolute atomic E-state index is 0.102. The lowest BCUT2D eigenvalue weighted by Crippen LogP contribution is -2.39. The average Bonchev–Trinajstić information content (AvgIpc) is 2.90. The Labute approximate surface area is 224 Å². The van der Waals surface area contributed by atoms with Crippen molar-refractivity contribution in [2.45, 2.75) is 50.3 Å². The van der Waals surface area contributed by atoms with E-state index in [1.54, 1.807) is 19.2 Å². The number of pyridine rings is 1. The summed E-state index contributed by atoms with van der Waals surface area (Å²) in [5.41, 5.74) is 1.56. The van der Waals surface area contributed by atoms with Gasteiger partial charge in [-0.15, -0.1) is 0 Å². The Bertz CT molecular complexity index is 1480. The van der Waals surface area contributed by atoms with Gasteiger partial charge in [-0.1, -0.05) is 6.42 Å². The van der Waals surface area contributed by atoms with Crippen molar-refractivity contribution in [3.63, 3.8) is 0 Å². The van der Waals surface area contributed by atoms with E-state index in [2.05, 4.69) is 29.6 Å². The Kier molecular flexibility index (Phi) is 8.56. The number of carboxylic acid groups (broad SMARTS) is 1. The van der Waals surface area contributed by atoms with Crippen LogP contribution in [-0.4, -0.2) is 61.5 Å². The summed E-state index contributed by atoms with van der Waals surface area (Å²) >= 11 is 0. The van der Waals surface area contributed by atoms with Crippen LogP contribution < -0.4 is 9.62 Å². The van der Waals surface area contributed by atoms with Crippen LogP contribution in [0.4, 0.5) is 11.5 Å². The number of sulfonamides is 1. The first-order chi connectivity index (χ1) is 18.6. The Morgan fingerprint density at radius 1 is 1.10 bits per heavy atom. The molecule has 13 nitrogen and oxygen atoms in total.